The number of nitro benzene ring substituents is 1. The first-order chi connectivity index (χ1) is 9.97. The number of hydrogen-bond acceptors (Lipinski definition) is 4. The highest BCUT2D eigenvalue weighted by Gasteiger charge is 2.09. The quantitative estimate of drug-likeness (QED) is 0.522. The summed E-state index contributed by atoms with van der Waals surface area (Å²) in [5, 5.41) is 10.5. The van der Waals surface area contributed by atoms with Crippen molar-refractivity contribution in [2.75, 3.05) is 11.5 Å². The van der Waals surface area contributed by atoms with Crippen LogP contribution in [-0.2, 0) is 17.2 Å². The van der Waals surface area contributed by atoms with E-state index in [9.17, 15) is 18.7 Å². The Morgan fingerprint density at radius 3 is 2.43 bits per heavy atom. The van der Waals surface area contributed by atoms with Gasteiger partial charge in [0.05, 0.1) is 21.4 Å². The number of aryl methyl sites for hydroxylation is 1. The van der Waals surface area contributed by atoms with Crippen LogP contribution in [0.5, 0.6) is 0 Å². The fourth-order valence-electron chi connectivity index (χ4n) is 1.76. The molecule has 0 spiro atoms. The van der Waals surface area contributed by atoms with Gasteiger partial charge in [0.25, 0.3) is 5.69 Å². The molecule has 0 aromatic heterocycles. The molecule has 2 rings (SSSR count). The van der Waals surface area contributed by atoms with Crippen LogP contribution in [0.2, 0.25) is 0 Å². The van der Waals surface area contributed by atoms with Gasteiger partial charge in [-0.05, 0) is 30.2 Å². The molecule has 2 aromatic rings. The molecule has 0 bridgehead atoms. The molecule has 0 saturated heterocycles. The van der Waals surface area contributed by atoms with Crippen LogP contribution in [0.3, 0.4) is 0 Å². The Morgan fingerprint density at radius 2 is 1.86 bits per heavy atom. The van der Waals surface area contributed by atoms with Gasteiger partial charge in [-0.2, -0.15) is 0 Å². The minimum atomic E-state index is -1.35. The SMILES string of the molecule is Nc1ccc(S(=O)CCc2ccc([N+](=O)[O-])cc2)cc1F. The van der Waals surface area contributed by atoms with Crippen LogP contribution in [0.25, 0.3) is 0 Å². The molecule has 0 aliphatic heterocycles. The highest BCUT2D eigenvalue weighted by Crippen LogP contribution is 2.17. The highest BCUT2D eigenvalue weighted by atomic mass is 32.2. The standard InChI is InChI=1S/C14H13FN2O3S/c15-13-9-12(5-6-14(13)16)21(20)8-7-10-1-3-11(4-2-10)17(18)19/h1-6,9H,7-8,16H2. The lowest BCUT2D eigenvalue weighted by Crippen LogP contribution is -2.03. The van der Waals surface area contributed by atoms with Crippen LogP contribution in [0.4, 0.5) is 15.8 Å². The zero-order valence-electron chi connectivity index (χ0n) is 11.0. The number of nitro groups is 1. The summed E-state index contributed by atoms with van der Waals surface area (Å²) in [6.07, 6.45) is 0.483. The van der Waals surface area contributed by atoms with Gasteiger partial charge in [-0.3, -0.25) is 14.3 Å². The summed E-state index contributed by atoms with van der Waals surface area (Å²) in [6, 6.07) is 10.1. The van der Waals surface area contributed by atoms with E-state index in [1.165, 1.54) is 30.3 Å². The number of nitrogen functional groups attached to an aromatic ring is 1. The van der Waals surface area contributed by atoms with Crippen molar-refractivity contribution >= 4 is 22.2 Å². The largest absolute Gasteiger partial charge is 0.396 e. The van der Waals surface area contributed by atoms with Gasteiger partial charge in [0.1, 0.15) is 5.82 Å². The normalized spacial score (nSPS) is 12.0. The summed E-state index contributed by atoms with van der Waals surface area (Å²) < 4.78 is 25.4. The molecule has 7 heteroatoms. The van der Waals surface area contributed by atoms with Gasteiger partial charge in [-0.25, -0.2) is 4.39 Å². The number of benzene rings is 2. The molecular formula is C14H13FN2O3S. The first kappa shape index (κ1) is 15.1. The number of rotatable bonds is 5. The summed E-state index contributed by atoms with van der Waals surface area (Å²) in [6.45, 7) is 0. The topological polar surface area (TPSA) is 86.2 Å². The Bertz CT molecular complexity index is 689. The average molecular weight is 308 g/mol. The van der Waals surface area contributed by atoms with E-state index in [-0.39, 0.29) is 11.4 Å². The summed E-state index contributed by atoms with van der Waals surface area (Å²) in [4.78, 5) is 10.4. The van der Waals surface area contributed by atoms with Crippen molar-refractivity contribution in [3.05, 3.63) is 64.0 Å². The lowest BCUT2D eigenvalue weighted by molar-refractivity contribution is -0.384. The number of anilines is 1. The molecule has 1 atom stereocenters. The van der Waals surface area contributed by atoms with E-state index in [2.05, 4.69) is 0 Å². The summed E-state index contributed by atoms with van der Waals surface area (Å²) in [5.74, 6) is -0.280. The molecule has 2 N–H and O–H groups in total. The number of hydrogen-bond donors (Lipinski definition) is 1. The van der Waals surface area contributed by atoms with E-state index < -0.39 is 21.5 Å². The predicted molar refractivity (Wildman–Crippen MR) is 78.9 cm³/mol. The van der Waals surface area contributed by atoms with Crippen molar-refractivity contribution in [2.45, 2.75) is 11.3 Å². The maximum absolute atomic E-state index is 13.3. The first-order valence-corrected chi connectivity index (χ1v) is 7.46. The van der Waals surface area contributed by atoms with Crippen molar-refractivity contribution in [1.29, 1.82) is 0 Å². The van der Waals surface area contributed by atoms with Crippen LogP contribution in [0.1, 0.15) is 5.56 Å². The molecule has 0 aliphatic carbocycles. The molecule has 0 heterocycles. The van der Waals surface area contributed by atoms with E-state index in [0.717, 1.165) is 5.56 Å². The summed E-state index contributed by atoms with van der Waals surface area (Å²) in [7, 11) is -1.35. The number of halogens is 1. The van der Waals surface area contributed by atoms with Crippen LogP contribution in [0.15, 0.2) is 47.4 Å². The van der Waals surface area contributed by atoms with Crippen molar-refractivity contribution in [3.8, 4) is 0 Å². The molecule has 0 saturated carbocycles. The summed E-state index contributed by atoms with van der Waals surface area (Å²) >= 11 is 0. The number of non-ortho nitro benzene ring substituents is 1. The molecule has 0 amide bonds. The van der Waals surface area contributed by atoms with E-state index >= 15 is 0 Å². The van der Waals surface area contributed by atoms with Crippen LogP contribution >= 0.6 is 0 Å². The third kappa shape index (κ3) is 3.85. The second-order valence-electron chi connectivity index (χ2n) is 4.41. The maximum Gasteiger partial charge on any atom is 0.269 e. The van der Waals surface area contributed by atoms with Gasteiger partial charge in [0, 0.05) is 22.8 Å². The fourth-order valence-corrected chi connectivity index (χ4v) is 2.87. The van der Waals surface area contributed by atoms with E-state index in [4.69, 9.17) is 5.73 Å². The third-order valence-electron chi connectivity index (χ3n) is 2.96. The summed E-state index contributed by atoms with van der Waals surface area (Å²) in [5.41, 5.74) is 6.24. The third-order valence-corrected chi connectivity index (χ3v) is 4.31. The molecule has 0 aliphatic rings. The molecule has 110 valence electrons. The van der Waals surface area contributed by atoms with Crippen molar-refractivity contribution in [2.24, 2.45) is 0 Å². The van der Waals surface area contributed by atoms with E-state index in [0.29, 0.717) is 17.1 Å². The van der Waals surface area contributed by atoms with Crippen LogP contribution in [0, 0.1) is 15.9 Å². The smallest absolute Gasteiger partial charge is 0.269 e. The van der Waals surface area contributed by atoms with Crippen molar-refractivity contribution < 1.29 is 13.5 Å². The molecule has 0 fully saturated rings. The van der Waals surface area contributed by atoms with Gasteiger partial charge in [0.2, 0.25) is 0 Å². The molecule has 2 aromatic carbocycles. The molecular weight excluding hydrogens is 295 g/mol. The monoisotopic (exact) mass is 308 g/mol. The Kier molecular flexibility index (Phi) is 4.64. The predicted octanol–water partition coefficient (Wildman–Crippen LogP) is 2.67. The second-order valence-corrected chi connectivity index (χ2v) is 5.98. The van der Waals surface area contributed by atoms with Gasteiger partial charge < -0.3 is 5.73 Å². The minimum Gasteiger partial charge on any atom is -0.396 e. The Balaban J connectivity index is 2.00. The van der Waals surface area contributed by atoms with E-state index in [1.807, 2.05) is 0 Å². The lowest BCUT2D eigenvalue weighted by Gasteiger charge is -2.04. The lowest BCUT2D eigenvalue weighted by atomic mass is 10.1. The minimum absolute atomic E-state index is 0.0143. The zero-order valence-corrected chi connectivity index (χ0v) is 11.8. The second kappa shape index (κ2) is 6.45. The van der Waals surface area contributed by atoms with E-state index in [1.54, 1.807) is 12.1 Å². The van der Waals surface area contributed by atoms with Gasteiger partial charge in [-0.1, -0.05) is 12.1 Å². The van der Waals surface area contributed by atoms with Gasteiger partial charge >= 0.3 is 0 Å². The van der Waals surface area contributed by atoms with Gasteiger partial charge in [-0.15, -0.1) is 0 Å². The molecule has 0 radical (unpaired) electrons. The zero-order chi connectivity index (χ0) is 15.4. The molecule has 5 nitrogen and oxygen atoms in total. The average Bonchev–Trinajstić information content (AvgIpc) is 2.48. The first-order valence-electron chi connectivity index (χ1n) is 6.14. The Hall–Kier alpha value is -2.28. The fraction of sp³-hybridized carbons (Fsp3) is 0.143. The van der Waals surface area contributed by atoms with Gasteiger partial charge in [0.15, 0.2) is 0 Å². The van der Waals surface area contributed by atoms with Crippen molar-refractivity contribution in [1.82, 2.24) is 0 Å². The molecule has 1 unspecified atom stereocenters. The number of nitrogens with two attached hydrogens (primary N) is 1. The Labute approximate surface area is 123 Å². The van der Waals surface area contributed by atoms with Crippen LogP contribution < -0.4 is 5.73 Å². The maximum atomic E-state index is 13.3. The Morgan fingerprint density at radius 1 is 1.19 bits per heavy atom. The molecule has 21 heavy (non-hydrogen) atoms. The highest BCUT2D eigenvalue weighted by molar-refractivity contribution is 7.85. The van der Waals surface area contributed by atoms with Crippen molar-refractivity contribution in [3.63, 3.8) is 0 Å². The van der Waals surface area contributed by atoms with Crippen LogP contribution in [-0.4, -0.2) is 14.9 Å². The number of nitrogens with zero attached hydrogens (tertiary/aromatic N) is 1.